The molecular formula is C16H20N2O3S. The van der Waals surface area contributed by atoms with E-state index in [0.717, 1.165) is 37.0 Å². The fourth-order valence-corrected chi connectivity index (χ4v) is 4.07. The van der Waals surface area contributed by atoms with E-state index in [1.165, 1.54) is 16.8 Å². The molecule has 1 aliphatic carbocycles. The van der Waals surface area contributed by atoms with E-state index in [4.69, 9.17) is 4.74 Å². The number of hydrogen-bond acceptors (Lipinski definition) is 4. The lowest BCUT2D eigenvalue weighted by molar-refractivity contribution is -0.141. The second-order valence-corrected chi connectivity index (χ2v) is 6.73. The Balaban J connectivity index is 1.72. The number of nitrogens with zero attached hydrogens (tertiary/aromatic N) is 1. The first-order chi connectivity index (χ1) is 10.7. The number of hydrazine groups is 1. The molecule has 1 aromatic carbocycles. The van der Waals surface area contributed by atoms with E-state index in [-0.39, 0.29) is 23.1 Å². The number of thioether (sulfide) groups is 1. The number of hydrogen-bond donors (Lipinski definition) is 1. The van der Waals surface area contributed by atoms with Crippen molar-refractivity contribution in [3.8, 4) is 5.75 Å². The maximum Gasteiger partial charge on any atom is 0.252 e. The van der Waals surface area contributed by atoms with E-state index in [1.807, 2.05) is 24.3 Å². The normalized spacial score (nSPS) is 22.1. The van der Waals surface area contributed by atoms with Crippen molar-refractivity contribution < 1.29 is 14.3 Å². The average molecular weight is 320 g/mol. The van der Waals surface area contributed by atoms with Crippen LogP contribution in [0.3, 0.4) is 0 Å². The molecule has 2 amide bonds. The number of methoxy groups -OCH3 is 1. The van der Waals surface area contributed by atoms with Crippen molar-refractivity contribution in [2.24, 2.45) is 5.92 Å². The van der Waals surface area contributed by atoms with Gasteiger partial charge < -0.3 is 4.74 Å². The van der Waals surface area contributed by atoms with Crippen LogP contribution in [0.2, 0.25) is 0 Å². The summed E-state index contributed by atoms with van der Waals surface area (Å²) >= 11 is 1.53. The predicted octanol–water partition coefficient (Wildman–Crippen LogP) is 2.49. The lowest BCUT2D eigenvalue weighted by atomic mass is 10.1. The molecule has 1 atom stereocenters. The molecule has 1 N–H and O–H groups in total. The number of benzene rings is 1. The van der Waals surface area contributed by atoms with Gasteiger partial charge in [0.2, 0.25) is 5.91 Å². The van der Waals surface area contributed by atoms with Crippen molar-refractivity contribution in [1.29, 1.82) is 0 Å². The van der Waals surface area contributed by atoms with Crippen molar-refractivity contribution in [2.75, 3.05) is 12.9 Å². The minimum absolute atomic E-state index is 0.0214. The number of ether oxygens (including phenoxy) is 1. The SMILES string of the molecule is COc1ccc(C2SCC(=O)N2NC(=O)C2CCCC2)cc1. The Morgan fingerprint density at radius 2 is 1.95 bits per heavy atom. The molecule has 6 heteroatoms. The lowest BCUT2D eigenvalue weighted by Crippen LogP contribution is -2.46. The van der Waals surface area contributed by atoms with Gasteiger partial charge in [-0.15, -0.1) is 11.8 Å². The van der Waals surface area contributed by atoms with Gasteiger partial charge in [0.25, 0.3) is 5.91 Å². The van der Waals surface area contributed by atoms with Gasteiger partial charge in [0.1, 0.15) is 11.1 Å². The summed E-state index contributed by atoms with van der Waals surface area (Å²) in [6.07, 6.45) is 4.05. The molecule has 5 nitrogen and oxygen atoms in total. The third kappa shape index (κ3) is 3.06. The highest BCUT2D eigenvalue weighted by molar-refractivity contribution is 8.00. The van der Waals surface area contributed by atoms with Gasteiger partial charge >= 0.3 is 0 Å². The Kier molecular flexibility index (Phi) is 4.57. The summed E-state index contributed by atoms with van der Waals surface area (Å²) < 4.78 is 5.15. The number of amides is 2. The smallest absolute Gasteiger partial charge is 0.252 e. The van der Waals surface area contributed by atoms with E-state index in [1.54, 1.807) is 7.11 Å². The number of rotatable bonds is 4. The highest BCUT2D eigenvalue weighted by atomic mass is 32.2. The van der Waals surface area contributed by atoms with Crippen LogP contribution >= 0.6 is 11.8 Å². The van der Waals surface area contributed by atoms with Crippen LogP contribution < -0.4 is 10.2 Å². The number of nitrogens with one attached hydrogen (secondary N) is 1. The summed E-state index contributed by atoms with van der Waals surface area (Å²) in [5.41, 5.74) is 3.83. The van der Waals surface area contributed by atoms with Gasteiger partial charge in [-0.25, -0.2) is 5.01 Å². The molecule has 0 spiro atoms. The van der Waals surface area contributed by atoms with Crippen LogP contribution in [0.1, 0.15) is 36.6 Å². The summed E-state index contributed by atoms with van der Waals surface area (Å²) in [7, 11) is 1.62. The first kappa shape index (κ1) is 15.2. The van der Waals surface area contributed by atoms with Crippen LogP contribution in [0.4, 0.5) is 0 Å². The van der Waals surface area contributed by atoms with Crippen LogP contribution in [-0.4, -0.2) is 29.7 Å². The van der Waals surface area contributed by atoms with Crippen molar-refractivity contribution >= 4 is 23.6 Å². The van der Waals surface area contributed by atoms with Crippen molar-refractivity contribution in [2.45, 2.75) is 31.1 Å². The molecule has 0 aromatic heterocycles. The maximum absolute atomic E-state index is 12.3. The van der Waals surface area contributed by atoms with Gasteiger partial charge in [-0.3, -0.25) is 15.0 Å². The molecule has 1 unspecified atom stereocenters. The number of carbonyl (C=O) groups is 2. The Morgan fingerprint density at radius 1 is 1.27 bits per heavy atom. The largest absolute Gasteiger partial charge is 0.497 e. The molecule has 22 heavy (non-hydrogen) atoms. The maximum atomic E-state index is 12.3. The second-order valence-electron chi connectivity index (χ2n) is 5.66. The Labute approximate surface area is 134 Å². The molecule has 1 saturated carbocycles. The van der Waals surface area contributed by atoms with E-state index in [9.17, 15) is 9.59 Å². The summed E-state index contributed by atoms with van der Waals surface area (Å²) in [4.78, 5) is 24.4. The molecule has 0 bridgehead atoms. The van der Waals surface area contributed by atoms with Crippen molar-refractivity contribution in [3.63, 3.8) is 0 Å². The zero-order valence-corrected chi connectivity index (χ0v) is 13.4. The second kappa shape index (κ2) is 6.60. The first-order valence-corrected chi connectivity index (χ1v) is 8.62. The van der Waals surface area contributed by atoms with E-state index in [0.29, 0.717) is 5.75 Å². The molecule has 1 heterocycles. The van der Waals surface area contributed by atoms with E-state index >= 15 is 0 Å². The third-order valence-corrected chi connectivity index (χ3v) is 5.44. The van der Waals surface area contributed by atoms with Crippen molar-refractivity contribution in [3.05, 3.63) is 29.8 Å². The highest BCUT2D eigenvalue weighted by Crippen LogP contribution is 2.38. The van der Waals surface area contributed by atoms with Crippen LogP contribution in [0, 0.1) is 5.92 Å². The van der Waals surface area contributed by atoms with Gasteiger partial charge in [-0.2, -0.15) is 0 Å². The van der Waals surface area contributed by atoms with Gasteiger partial charge in [0.05, 0.1) is 12.9 Å². The molecule has 0 radical (unpaired) electrons. The lowest BCUT2D eigenvalue weighted by Gasteiger charge is -2.26. The molecule has 2 aliphatic rings. The van der Waals surface area contributed by atoms with Gasteiger partial charge in [-0.1, -0.05) is 25.0 Å². The van der Waals surface area contributed by atoms with Gasteiger partial charge in [0.15, 0.2) is 0 Å². The van der Waals surface area contributed by atoms with Gasteiger partial charge in [0, 0.05) is 5.92 Å². The van der Waals surface area contributed by atoms with Crippen LogP contribution in [0.25, 0.3) is 0 Å². The average Bonchev–Trinajstić information content (AvgIpc) is 3.19. The molecule has 1 aliphatic heterocycles. The fourth-order valence-electron chi connectivity index (χ4n) is 2.96. The summed E-state index contributed by atoms with van der Waals surface area (Å²) in [6, 6.07) is 7.61. The van der Waals surface area contributed by atoms with E-state index < -0.39 is 0 Å². The number of carbonyl (C=O) groups excluding carboxylic acids is 2. The molecule has 1 saturated heterocycles. The molecule has 1 aromatic rings. The predicted molar refractivity (Wildman–Crippen MR) is 85.1 cm³/mol. The summed E-state index contributed by atoms with van der Waals surface area (Å²) in [5.74, 6) is 1.15. The third-order valence-electron chi connectivity index (χ3n) is 4.23. The topological polar surface area (TPSA) is 58.6 Å². The zero-order valence-electron chi connectivity index (χ0n) is 12.6. The zero-order chi connectivity index (χ0) is 15.5. The summed E-state index contributed by atoms with van der Waals surface area (Å²) in [6.45, 7) is 0. The molecule has 3 rings (SSSR count). The van der Waals surface area contributed by atoms with E-state index in [2.05, 4.69) is 5.43 Å². The van der Waals surface area contributed by atoms with Crippen LogP contribution in [0.5, 0.6) is 5.75 Å². The minimum Gasteiger partial charge on any atom is -0.497 e. The van der Waals surface area contributed by atoms with Crippen molar-refractivity contribution in [1.82, 2.24) is 10.4 Å². The fraction of sp³-hybridized carbons (Fsp3) is 0.500. The minimum atomic E-state index is -0.163. The van der Waals surface area contributed by atoms with Crippen LogP contribution in [-0.2, 0) is 9.59 Å². The highest BCUT2D eigenvalue weighted by Gasteiger charge is 2.36. The Hall–Kier alpha value is -1.69. The standard InChI is InChI=1S/C16H20N2O3S/c1-21-13-8-6-12(7-9-13)16-18(14(19)10-22-16)17-15(20)11-4-2-3-5-11/h6-9,11,16H,2-5,10H2,1H3,(H,17,20). The monoisotopic (exact) mass is 320 g/mol. The molecule has 2 fully saturated rings. The van der Waals surface area contributed by atoms with Crippen LogP contribution in [0.15, 0.2) is 24.3 Å². The Morgan fingerprint density at radius 3 is 2.59 bits per heavy atom. The molecule has 118 valence electrons. The Bertz CT molecular complexity index is 555. The first-order valence-electron chi connectivity index (χ1n) is 7.57. The quantitative estimate of drug-likeness (QED) is 0.926. The molecular weight excluding hydrogens is 300 g/mol. The summed E-state index contributed by atoms with van der Waals surface area (Å²) in [5, 5.41) is 1.33. The van der Waals surface area contributed by atoms with Gasteiger partial charge in [-0.05, 0) is 30.5 Å².